The van der Waals surface area contributed by atoms with E-state index >= 15 is 0 Å². The van der Waals surface area contributed by atoms with Gasteiger partial charge in [-0.25, -0.2) is 10.5 Å². The van der Waals surface area contributed by atoms with Gasteiger partial charge in [-0.2, -0.15) is 0 Å². The molecule has 4 heterocycles. The van der Waals surface area contributed by atoms with Crippen molar-refractivity contribution < 1.29 is 83.9 Å². The molecule has 0 spiro atoms. The lowest BCUT2D eigenvalue weighted by atomic mass is 9.94. The summed E-state index contributed by atoms with van der Waals surface area (Å²) in [6, 6.07) is 0.695. The minimum absolute atomic E-state index is 0.0482. The van der Waals surface area contributed by atoms with Crippen LogP contribution < -0.4 is 15.8 Å². The Labute approximate surface area is 282 Å². The van der Waals surface area contributed by atoms with E-state index in [-0.39, 0.29) is 6.61 Å². The van der Waals surface area contributed by atoms with Crippen molar-refractivity contribution in [3.8, 4) is 0 Å². The van der Waals surface area contributed by atoms with Crippen molar-refractivity contribution in [3.05, 3.63) is 35.9 Å². The van der Waals surface area contributed by atoms with Crippen molar-refractivity contribution in [2.24, 2.45) is 0 Å². The Kier molecular flexibility index (Phi) is 15.0. The average Bonchev–Trinajstić information content (AvgIpc) is 3.07. The summed E-state index contributed by atoms with van der Waals surface area (Å²) in [5.74, 6) is -0.581. The molecule has 1 amide bonds. The van der Waals surface area contributed by atoms with Crippen molar-refractivity contribution in [2.45, 2.75) is 120 Å². The molecule has 3 fully saturated rings. The summed E-state index contributed by atoms with van der Waals surface area (Å²) in [7, 11) is 0. The van der Waals surface area contributed by atoms with E-state index in [2.05, 4.69) is 15.8 Å². The van der Waals surface area contributed by atoms with Gasteiger partial charge < -0.3 is 74.6 Å². The molecule has 19 heteroatoms. The first kappa shape index (κ1) is 39.8. The Hall–Kier alpha value is -2.02. The van der Waals surface area contributed by atoms with Gasteiger partial charge in [-0.3, -0.25) is 9.63 Å². The molecule has 0 saturated carbocycles. The number of aryl methyl sites for hydroxylation is 1. The molecule has 0 aromatic carbocycles. The monoisotopic (exact) mass is 707 g/mol. The third-order valence-corrected chi connectivity index (χ3v) is 8.33. The summed E-state index contributed by atoms with van der Waals surface area (Å²) in [6.45, 7) is 3.78. The van der Waals surface area contributed by atoms with Crippen molar-refractivity contribution >= 4 is 5.91 Å². The first-order chi connectivity index (χ1) is 23.4. The Morgan fingerprint density at radius 3 is 2.31 bits per heavy atom. The molecule has 3 aliphatic rings. The van der Waals surface area contributed by atoms with Gasteiger partial charge in [-0.15, -0.1) is 0 Å². The number of hydrogen-bond donors (Lipinski definition) is 10. The largest absolute Gasteiger partial charge is 0.394 e. The van der Waals surface area contributed by atoms with Gasteiger partial charge in [0.2, 0.25) is 5.91 Å². The van der Waals surface area contributed by atoms with E-state index in [4.69, 9.17) is 33.3 Å². The lowest BCUT2D eigenvalue weighted by Gasteiger charge is -2.49. The smallest absolute Gasteiger partial charge is 0.257 e. The number of amides is 1. The number of aromatic amines is 1. The molecule has 49 heavy (non-hydrogen) atoms. The van der Waals surface area contributed by atoms with Gasteiger partial charge in [0.05, 0.1) is 32.5 Å². The highest BCUT2D eigenvalue weighted by Gasteiger charge is 2.55. The average molecular weight is 708 g/mol. The highest BCUT2D eigenvalue weighted by atomic mass is 16.8. The molecule has 279 valence electrons. The fourth-order valence-corrected chi connectivity index (χ4v) is 5.67. The quantitative estimate of drug-likeness (QED) is 0.0603. The highest BCUT2D eigenvalue weighted by Crippen LogP contribution is 2.35. The molecule has 11 N–H and O–H groups in total. The van der Waals surface area contributed by atoms with Crippen LogP contribution in [0.1, 0.15) is 31.4 Å². The maximum absolute atomic E-state index is 12.4. The molecule has 0 aliphatic carbocycles. The predicted molar refractivity (Wildman–Crippen MR) is 160 cm³/mol. The minimum Gasteiger partial charge on any atom is -0.394 e. The van der Waals surface area contributed by atoms with Crippen molar-refractivity contribution in [3.63, 3.8) is 0 Å². The molecule has 3 aliphatic heterocycles. The van der Waals surface area contributed by atoms with Gasteiger partial charge in [0, 0.05) is 24.6 Å². The number of H-pyrrole nitrogens is 1. The Morgan fingerprint density at radius 1 is 0.918 bits per heavy atom. The zero-order chi connectivity index (χ0) is 35.8. The van der Waals surface area contributed by atoms with Crippen LogP contribution in [0.4, 0.5) is 0 Å². The van der Waals surface area contributed by atoms with Gasteiger partial charge in [0.1, 0.15) is 67.1 Å². The molecule has 19 nitrogen and oxygen atoms in total. The van der Waals surface area contributed by atoms with Crippen LogP contribution in [-0.4, -0.2) is 159 Å². The molecular weight excluding hydrogens is 658 g/mol. The van der Waals surface area contributed by atoms with Gasteiger partial charge in [0.25, 0.3) is 6.29 Å². The summed E-state index contributed by atoms with van der Waals surface area (Å²) in [4.78, 5) is 21.0. The van der Waals surface area contributed by atoms with E-state index in [0.717, 1.165) is 11.1 Å². The van der Waals surface area contributed by atoms with E-state index in [1.807, 2.05) is 25.4 Å². The summed E-state index contributed by atoms with van der Waals surface area (Å²) < 4.78 is 35.0. The number of carbonyl (C=O) groups is 1. The van der Waals surface area contributed by atoms with Crippen LogP contribution in [0.5, 0.6) is 0 Å². The van der Waals surface area contributed by atoms with E-state index in [9.17, 15) is 45.6 Å². The maximum atomic E-state index is 12.4. The highest BCUT2D eigenvalue weighted by molar-refractivity contribution is 5.73. The second-order valence-electron chi connectivity index (χ2n) is 12.2. The summed E-state index contributed by atoms with van der Waals surface area (Å²) in [5.41, 5.74) is 4.81. The molecule has 3 saturated heterocycles. The third-order valence-electron chi connectivity index (χ3n) is 8.33. The van der Waals surface area contributed by atoms with E-state index < -0.39 is 111 Å². The Morgan fingerprint density at radius 2 is 1.63 bits per heavy atom. The van der Waals surface area contributed by atoms with Crippen LogP contribution in [0.15, 0.2) is 18.5 Å². The van der Waals surface area contributed by atoms with Gasteiger partial charge >= 0.3 is 0 Å². The number of rotatable bonds is 15. The number of aliphatic hydroxyl groups is 8. The van der Waals surface area contributed by atoms with Crippen LogP contribution in [0, 0.1) is 13.2 Å². The molecule has 4 rings (SSSR count). The first-order valence-electron chi connectivity index (χ1n) is 16.0. The standard InChI is InChI=1S/C30H48N3O16/c1-13-7-16(9-31-8-13)12-44-32-5-4-6-43-28-19(33-15(3)36)27(49-30-25(42)23(40)21(38)17(10-34)46-30)26(18(11-35)47-28)48-29-24(41)22(39)20(37)14(2)45-29/h7-9,14,17-28,30,32,34-35,37-42H,4-6,10-12H2,1-3H3,(H,33,36)/p+1/t14?,17?,18?,19?,20-,21+,22+,23-,24?,25?,26-,27+,28-,30+/m1/s1. The molecule has 1 radical (unpaired) electrons. The van der Waals surface area contributed by atoms with Crippen molar-refractivity contribution in [1.82, 2.24) is 10.8 Å². The number of aliphatic hydroxyl groups excluding tert-OH is 8. The molecule has 0 bridgehead atoms. The topological polar surface area (TPSA) is 282 Å². The van der Waals surface area contributed by atoms with Gasteiger partial charge in [-0.1, -0.05) is 0 Å². The fourth-order valence-electron chi connectivity index (χ4n) is 5.67. The number of aromatic nitrogens is 1. The summed E-state index contributed by atoms with van der Waals surface area (Å²) in [5, 5.41) is 85.3. The SMILES string of the molecule is CC(=O)NC1[C@H](OCCCNOCc2c[nH+]cc(C)c2)OC(CO)[C@@H](O[C]2OC(C)[C@@H](O)[C@H](O)C2O)[C@H]1O[C@@H]1OC(CO)[C@H](O)[C@@H](O)C1O. The third kappa shape index (κ3) is 10.1. The van der Waals surface area contributed by atoms with E-state index in [0.29, 0.717) is 19.6 Å². The van der Waals surface area contributed by atoms with Gasteiger partial charge in [0.15, 0.2) is 25.0 Å². The number of nitrogens with one attached hydrogen (secondary N) is 3. The number of hydroxylamine groups is 1. The van der Waals surface area contributed by atoms with Crippen LogP contribution in [0.2, 0.25) is 0 Å². The fraction of sp³-hybridized carbons (Fsp3) is 0.767. The zero-order valence-corrected chi connectivity index (χ0v) is 27.4. The predicted octanol–water partition coefficient (Wildman–Crippen LogP) is -4.98. The number of hydrogen-bond acceptors (Lipinski definition) is 17. The minimum atomic E-state index is -1.86. The van der Waals surface area contributed by atoms with Gasteiger partial charge in [-0.05, 0) is 26.3 Å². The normalized spacial score (nSPS) is 38.8. The summed E-state index contributed by atoms with van der Waals surface area (Å²) in [6.07, 6.45) is -16.6. The van der Waals surface area contributed by atoms with Crippen LogP contribution in [0.3, 0.4) is 0 Å². The van der Waals surface area contributed by atoms with Crippen LogP contribution in [0.25, 0.3) is 0 Å². The summed E-state index contributed by atoms with van der Waals surface area (Å²) >= 11 is 0. The lowest BCUT2D eigenvalue weighted by Crippen LogP contribution is -2.69. The van der Waals surface area contributed by atoms with E-state index in [1.165, 1.54) is 13.8 Å². The Balaban J connectivity index is 1.51. The van der Waals surface area contributed by atoms with Crippen molar-refractivity contribution in [1.29, 1.82) is 0 Å². The second-order valence-corrected chi connectivity index (χ2v) is 12.2. The van der Waals surface area contributed by atoms with Crippen LogP contribution in [-0.2, 0) is 44.7 Å². The zero-order valence-electron chi connectivity index (χ0n) is 27.4. The van der Waals surface area contributed by atoms with E-state index in [1.54, 1.807) is 0 Å². The molecular formula is C30H49N3O16+. The molecule has 1 aromatic rings. The number of ether oxygens (including phenoxy) is 6. The first-order valence-corrected chi connectivity index (χ1v) is 16.0. The Bertz CT molecular complexity index is 1170. The second kappa shape index (κ2) is 18.5. The van der Waals surface area contributed by atoms with Crippen molar-refractivity contribution in [2.75, 3.05) is 26.4 Å². The molecule has 6 unspecified atom stereocenters. The molecule has 14 atom stereocenters. The van der Waals surface area contributed by atoms with Crippen LogP contribution >= 0.6 is 0 Å². The molecule has 1 aromatic heterocycles. The number of pyridine rings is 1. The lowest BCUT2D eigenvalue weighted by molar-refractivity contribution is -0.379. The number of carbonyl (C=O) groups excluding carboxylic acids is 1. The maximum Gasteiger partial charge on any atom is 0.257 e.